The number of nitrogens with zero attached hydrogens (tertiary/aromatic N) is 2. The Bertz CT molecular complexity index is 1040. The van der Waals surface area contributed by atoms with Crippen LogP contribution in [0.15, 0.2) is 60.8 Å². The van der Waals surface area contributed by atoms with Crippen molar-refractivity contribution >= 4 is 23.6 Å². The van der Waals surface area contributed by atoms with Crippen LogP contribution in [0.25, 0.3) is 0 Å². The second-order valence-electron chi connectivity index (χ2n) is 9.46. The number of thioether (sulfide) groups is 1. The number of amides is 2. The summed E-state index contributed by atoms with van der Waals surface area (Å²) in [6, 6.07) is 16.2. The highest BCUT2D eigenvalue weighted by atomic mass is 32.2. The SMILES string of the molecule is C=C(CN1C(=O)Cc2ccccc2C1C(C)(C)C)N1C(=O)Cc2ccccc2C1SC. The van der Waals surface area contributed by atoms with E-state index in [2.05, 4.69) is 39.5 Å². The molecule has 0 saturated heterocycles. The van der Waals surface area contributed by atoms with Crippen molar-refractivity contribution in [3.8, 4) is 0 Å². The molecule has 2 unspecified atom stereocenters. The van der Waals surface area contributed by atoms with Crippen molar-refractivity contribution in [2.45, 2.75) is 45.0 Å². The zero-order valence-corrected chi connectivity index (χ0v) is 19.5. The van der Waals surface area contributed by atoms with Gasteiger partial charge in [-0.3, -0.25) is 14.5 Å². The molecule has 0 saturated carbocycles. The molecule has 2 amide bonds. The van der Waals surface area contributed by atoms with E-state index in [9.17, 15) is 9.59 Å². The molecule has 162 valence electrons. The van der Waals surface area contributed by atoms with Crippen molar-refractivity contribution in [2.75, 3.05) is 12.8 Å². The summed E-state index contributed by atoms with van der Waals surface area (Å²) in [6.45, 7) is 11.1. The lowest BCUT2D eigenvalue weighted by atomic mass is 9.77. The second kappa shape index (κ2) is 8.19. The van der Waals surface area contributed by atoms with Crippen LogP contribution in [0.1, 0.15) is 54.4 Å². The Balaban J connectivity index is 1.67. The quantitative estimate of drug-likeness (QED) is 0.671. The molecule has 2 atom stereocenters. The first-order valence-electron chi connectivity index (χ1n) is 10.7. The minimum atomic E-state index is -0.149. The van der Waals surface area contributed by atoms with Crippen LogP contribution in [0.5, 0.6) is 0 Å². The number of rotatable bonds is 4. The first kappa shape index (κ1) is 21.7. The molecular formula is C26H30N2O2S. The van der Waals surface area contributed by atoms with Gasteiger partial charge in [-0.2, -0.15) is 0 Å². The normalized spacial score (nSPS) is 21.0. The van der Waals surface area contributed by atoms with Crippen LogP contribution in [0, 0.1) is 5.41 Å². The first-order valence-corrected chi connectivity index (χ1v) is 12.0. The average Bonchev–Trinajstić information content (AvgIpc) is 2.72. The van der Waals surface area contributed by atoms with E-state index in [-0.39, 0.29) is 28.6 Å². The Morgan fingerprint density at radius 3 is 2.13 bits per heavy atom. The van der Waals surface area contributed by atoms with Crippen molar-refractivity contribution < 1.29 is 9.59 Å². The Morgan fingerprint density at radius 2 is 1.52 bits per heavy atom. The largest absolute Gasteiger partial charge is 0.329 e. The van der Waals surface area contributed by atoms with Gasteiger partial charge in [0.05, 0.1) is 25.4 Å². The lowest BCUT2D eigenvalue weighted by molar-refractivity contribution is -0.138. The zero-order valence-electron chi connectivity index (χ0n) is 18.7. The van der Waals surface area contributed by atoms with Gasteiger partial charge in [0, 0.05) is 5.70 Å². The van der Waals surface area contributed by atoms with Gasteiger partial charge < -0.3 is 4.90 Å². The summed E-state index contributed by atoms with van der Waals surface area (Å²) in [6.07, 6.45) is 2.77. The van der Waals surface area contributed by atoms with E-state index in [0.717, 1.165) is 16.7 Å². The first-order chi connectivity index (χ1) is 14.7. The van der Waals surface area contributed by atoms with Gasteiger partial charge in [-0.25, -0.2) is 0 Å². The molecule has 2 aliphatic rings. The zero-order chi connectivity index (χ0) is 22.3. The molecule has 0 bridgehead atoms. The fourth-order valence-corrected chi connectivity index (χ4v) is 5.91. The van der Waals surface area contributed by atoms with Crippen molar-refractivity contribution in [2.24, 2.45) is 5.41 Å². The van der Waals surface area contributed by atoms with Crippen LogP contribution in [0.3, 0.4) is 0 Å². The maximum atomic E-state index is 13.2. The molecule has 0 spiro atoms. The van der Waals surface area contributed by atoms with Crippen LogP contribution in [-0.2, 0) is 22.4 Å². The van der Waals surface area contributed by atoms with Crippen LogP contribution in [0.2, 0.25) is 0 Å². The van der Waals surface area contributed by atoms with Crippen LogP contribution in [-0.4, -0.2) is 34.4 Å². The average molecular weight is 435 g/mol. The van der Waals surface area contributed by atoms with Gasteiger partial charge in [0.1, 0.15) is 5.37 Å². The number of benzene rings is 2. The third kappa shape index (κ3) is 3.91. The van der Waals surface area contributed by atoms with Crippen LogP contribution >= 0.6 is 11.8 Å². The monoisotopic (exact) mass is 434 g/mol. The number of hydrogen-bond acceptors (Lipinski definition) is 3. The molecule has 0 fully saturated rings. The van der Waals surface area contributed by atoms with Gasteiger partial charge in [0.15, 0.2) is 0 Å². The molecule has 0 aromatic heterocycles. The topological polar surface area (TPSA) is 40.6 Å². The van der Waals surface area contributed by atoms with E-state index in [0.29, 0.717) is 25.1 Å². The smallest absolute Gasteiger partial charge is 0.232 e. The molecule has 4 nitrogen and oxygen atoms in total. The molecule has 2 aromatic rings. The molecule has 31 heavy (non-hydrogen) atoms. The van der Waals surface area contributed by atoms with Crippen molar-refractivity contribution in [1.82, 2.24) is 9.80 Å². The number of carbonyl (C=O) groups is 2. The third-order valence-electron chi connectivity index (χ3n) is 6.23. The highest BCUT2D eigenvalue weighted by molar-refractivity contribution is 7.98. The molecule has 2 aliphatic heterocycles. The molecule has 2 aromatic carbocycles. The Morgan fingerprint density at radius 1 is 0.968 bits per heavy atom. The second-order valence-corrected chi connectivity index (χ2v) is 10.4. The molecule has 0 N–H and O–H groups in total. The third-order valence-corrected chi connectivity index (χ3v) is 7.14. The summed E-state index contributed by atoms with van der Waals surface area (Å²) >= 11 is 1.63. The standard InChI is InChI=1S/C26H30N2O2S/c1-17(28-23(30)15-19-11-7-9-13-21(19)25(28)31-5)16-27-22(29)14-18-10-6-8-12-20(18)24(27)26(2,3)4/h6-13,24-25H,1,14-16H2,2-5H3. The van der Waals surface area contributed by atoms with Crippen LogP contribution in [0.4, 0.5) is 0 Å². The molecule has 0 radical (unpaired) electrons. The number of carbonyl (C=O) groups excluding carboxylic acids is 2. The van der Waals surface area contributed by atoms with E-state index in [1.54, 1.807) is 16.7 Å². The number of hydrogen-bond donors (Lipinski definition) is 0. The summed E-state index contributed by atoms with van der Waals surface area (Å²) in [5.41, 5.74) is 5.05. The van der Waals surface area contributed by atoms with Crippen molar-refractivity contribution in [3.05, 3.63) is 83.1 Å². The molecule has 4 rings (SSSR count). The minimum absolute atomic E-state index is 0.0419. The summed E-state index contributed by atoms with van der Waals surface area (Å²) in [5.74, 6) is 0.130. The van der Waals surface area contributed by atoms with E-state index in [4.69, 9.17) is 0 Å². The number of fused-ring (bicyclic) bond motifs is 2. The summed E-state index contributed by atoms with van der Waals surface area (Å²) in [4.78, 5) is 30.1. The van der Waals surface area contributed by atoms with E-state index >= 15 is 0 Å². The maximum Gasteiger partial charge on any atom is 0.232 e. The van der Waals surface area contributed by atoms with E-state index < -0.39 is 0 Å². The highest BCUT2D eigenvalue weighted by Crippen LogP contribution is 2.44. The Labute approximate surface area is 189 Å². The van der Waals surface area contributed by atoms with Gasteiger partial charge in [0.25, 0.3) is 0 Å². The minimum Gasteiger partial charge on any atom is -0.329 e. The summed E-state index contributed by atoms with van der Waals surface area (Å²) < 4.78 is 0. The highest BCUT2D eigenvalue weighted by Gasteiger charge is 2.41. The van der Waals surface area contributed by atoms with Gasteiger partial charge in [-0.15, -0.1) is 11.8 Å². The summed E-state index contributed by atoms with van der Waals surface area (Å²) in [7, 11) is 0. The predicted molar refractivity (Wildman–Crippen MR) is 126 cm³/mol. The summed E-state index contributed by atoms with van der Waals surface area (Å²) in [5, 5.41) is -0.120. The molecule has 0 aliphatic carbocycles. The Hall–Kier alpha value is -2.53. The fraction of sp³-hybridized carbons (Fsp3) is 0.385. The van der Waals surface area contributed by atoms with Gasteiger partial charge >= 0.3 is 0 Å². The molecule has 5 heteroatoms. The van der Waals surface area contributed by atoms with Gasteiger partial charge in [-0.05, 0) is 33.9 Å². The van der Waals surface area contributed by atoms with Crippen molar-refractivity contribution in [3.63, 3.8) is 0 Å². The maximum absolute atomic E-state index is 13.2. The predicted octanol–water partition coefficient (Wildman–Crippen LogP) is 5.12. The van der Waals surface area contributed by atoms with Crippen molar-refractivity contribution in [1.29, 1.82) is 0 Å². The lowest BCUT2D eigenvalue weighted by Crippen LogP contribution is -2.49. The van der Waals surface area contributed by atoms with Crippen LogP contribution < -0.4 is 0 Å². The van der Waals surface area contributed by atoms with Gasteiger partial charge in [-0.1, -0.05) is 75.9 Å². The molecular weight excluding hydrogens is 404 g/mol. The fourth-order valence-electron chi connectivity index (χ4n) is 4.95. The van der Waals surface area contributed by atoms with Gasteiger partial charge in [0.2, 0.25) is 11.8 Å². The molecule has 2 heterocycles. The Kier molecular flexibility index (Phi) is 5.73. The van der Waals surface area contributed by atoms with E-state index in [1.807, 2.05) is 47.6 Å². The lowest BCUT2D eigenvalue weighted by Gasteiger charge is -2.46. The van der Waals surface area contributed by atoms with E-state index in [1.165, 1.54) is 5.56 Å².